The maximum atomic E-state index is 9.97. The summed E-state index contributed by atoms with van der Waals surface area (Å²) in [6, 6.07) is 10.7. The molecule has 0 heterocycles. The lowest BCUT2D eigenvalue weighted by Gasteiger charge is -2.29. The van der Waals surface area contributed by atoms with Gasteiger partial charge in [0.1, 0.15) is 0 Å². The molecule has 1 aliphatic rings. The van der Waals surface area contributed by atoms with Gasteiger partial charge in [0.15, 0.2) is 0 Å². The maximum Gasteiger partial charge on any atom is 0.0897 e. The zero-order chi connectivity index (χ0) is 14.9. The van der Waals surface area contributed by atoms with E-state index in [4.69, 9.17) is 4.74 Å². The van der Waals surface area contributed by atoms with Crippen LogP contribution in [0.2, 0.25) is 0 Å². The summed E-state index contributed by atoms with van der Waals surface area (Å²) in [7, 11) is 0. The lowest BCUT2D eigenvalue weighted by atomic mass is 9.84. The first kappa shape index (κ1) is 16.5. The second kappa shape index (κ2) is 9.19. The minimum atomic E-state index is -0.419. The normalized spacial score (nSPS) is 23.9. The molecule has 1 aromatic carbocycles. The minimum absolute atomic E-state index is 0.395. The molecule has 0 spiro atoms. The van der Waals surface area contributed by atoms with E-state index in [0.29, 0.717) is 25.8 Å². The number of hydrogen-bond donors (Lipinski definition) is 2. The van der Waals surface area contributed by atoms with Gasteiger partial charge in [0, 0.05) is 12.6 Å². The van der Waals surface area contributed by atoms with Crippen molar-refractivity contribution in [3.63, 3.8) is 0 Å². The van der Waals surface area contributed by atoms with Gasteiger partial charge in [-0.1, -0.05) is 43.7 Å². The van der Waals surface area contributed by atoms with Crippen LogP contribution in [0.3, 0.4) is 0 Å². The van der Waals surface area contributed by atoms with Crippen LogP contribution >= 0.6 is 0 Å². The molecule has 118 valence electrons. The molecule has 2 N–H and O–H groups in total. The van der Waals surface area contributed by atoms with Crippen molar-refractivity contribution in [3.8, 4) is 0 Å². The molecule has 0 radical (unpaired) electrons. The zero-order valence-corrected chi connectivity index (χ0v) is 13.1. The molecule has 1 fully saturated rings. The number of aliphatic hydroxyl groups is 1. The molecule has 1 aliphatic carbocycles. The van der Waals surface area contributed by atoms with E-state index in [-0.39, 0.29) is 0 Å². The van der Waals surface area contributed by atoms with Crippen molar-refractivity contribution in [2.75, 3.05) is 13.2 Å². The second-order valence-corrected chi connectivity index (χ2v) is 6.19. The molecule has 3 nitrogen and oxygen atoms in total. The van der Waals surface area contributed by atoms with Crippen LogP contribution in [0.15, 0.2) is 30.3 Å². The number of nitrogens with one attached hydrogen (secondary N) is 1. The molecule has 1 atom stereocenters. The highest BCUT2D eigenvalue weighted by Crippen LogP contribution is 2.26. The van der Waals surface area contributed by atoms with E-state index in [2.05, 4.69) is 12.2 Å². The molecule has 0 amide bonds. The van der Waals surface area contributed by atoms with Gasteiger partial charge in [-0.2, -0.15) is 0 Å². The molecule has 0 aromatic heterocycles. The number of rotatable bonds is 8. The lowest BCUT2D eigenvalue weighted by Crippen LogP contribution is -2.39. The second-order valence-electron chi connectivity index (χ2n) is 6.19. The molecular weight excluding hydrogens is 262 g/mol. The molecule has 1 unspecified atom stereocenters. The Hall–Kier alpha value is -0.900. The Morgan fingerprint density at radius 2 is 1.90 bits per heavy atom. The predicted molar refractivity (Wildman–Crippen MR) is 86.1 cm³/mol. The molecule has 3 heteroatoms. The quantitative estimate of drug-likeness (QED) is 0.773. The van der Waals surface area contributed by atoms with E-state index in [1.165, 1.54) is 32.1 Å². The molecule has 0 saturated heterocycles. The highest BCUT2D eigenvalue weighted by molar-refractivity contribution is 5.13. The fourth-order valence-electron chi connectivity index (χ4n) is 3.02. The predicted octanol–water partition coefficient (Wildman–Crippen LogP) is 3.12. The summed E-state index contributed by atoms with van der Waals surface area (Å²) in [4.78, 5) is 0. The maximum absolute atomic E-state index is 9.97. The number of ether oxygens (including phenoxy) is 1. The third kappa shape index (κ3) is 6.16. The van der Waals surface area contributed by atoms with Gasteiger partial charge in [-0.05, 0) is 37.2 Å². The van der Waals surface area contributed by atoms with Crippen LogP contribution in [0.25, 0.3) is 0 Å². The Kier molecular flexibility index (Phi) is 7.20. The first-order valence-corrected chi connectivity index (χ1v) is 8.31. The Morgan fingerprint density at radius 3 is 2.57 bits per heavy atom. The fourth-order valence-corrected chi connectivity index (χ4v) is 3.02. The number of benzene rings is 1. The summed E-state index contributed by atoms with van der Waals surface area (Å²) >= 11 is 0. The molecule has 1 saturated carbocycles. The Morgan fingerprint density at radius 1 is 1.19 bits per heavy atom. The molecule has 1 aromatic rings. The van der Waals surface area contributed by atoms with Crippen molar-refractivity contribution < 1.29 is 9.84 Å². The van der Waals surface area contributed by atoms with E-state index < -0.39 is 6.10 Å². The van der Waals surface area contributed by atoms with Gasteiger partial charge in [0.2, 0.25) is 0 Å². The van der Waals surface area contributed by atoms with Gasteiger partial charge < -0.3 is 15.2 Å². The summed E-state index contributed by atoms with van der Waals surface area (Å²) in [5, 5.41) is 13.5. The van der Waals surface area contributed by atoms with Crippen LogP contribution in [-0.2, 0) is 11.3 Å². The third-order valence-corrected chi connectivity index (χ3v) is 4.49. The minimum Gasteiger partial charge on any atom is -0.389 e. The molecular formula is C18H29NO2. The standard InChI is InChI=1S/C18H29NO2/c1-2-15-8-10-17(11-9-15)19-12-18(20)14-21-13-16-6-4-3-5-7-16/h3-7,15,17-20H,2,8-14H2,1H3. The number of hydrogen-bond acceptors (Lipinski definition) is 3. The van der Waals surface area contributed by atoms with Gasteiger partial charge in [0.25, 0.3) is 0 Å². The summed E-state index contributed by atoms with van der Waals surface area (Å²) in [6.45, 7) is 3.88. The van der Waals surface area contributed by atoms with Crippen molar-refractivity contribution in [2.24, 2.45) is 5.92 Å². The fraction of sp³-hybridized carbons (Fsp3) is 0.667. The molecule has 0 aliphatic heterocycles. The van der Waals surface area contributed by atoms with Crippen LogP contribution in [0.1, 0.15) is 44.6 Å². The summed E-state index contributed by atoms with van der Waals surface area (Å²) in [5.74, 6) is 0.919. The monoisotopic (exact) mass is 291 g/mol. The summed E-state index contributed by atoms with van der Waals surface area (Å²) in [5.41, 5.74) is 1.15. The van der Waals surface area contributed by atoms with E-state index in [1.54, 1.807) is 0 Å². The molecule has 2 rings (SSSR count). The average Bonchev–Trinajstić information content (AvgIpc) is 2.54. The van der Waals surface area contributed by atoms with Gasteiger partial charge in [-0.3, -0.25) is 0 Å². The van der Waals surface area contributed by atoms with E-state index in [0.717, 1.165) is 11.5 Å². The van der Waals surface area contributed by atoms with Crippen molar-refractivity contribution in [1.29, 1.82) is 0 Å². The van der Waals surface area contributed by atoms with Gasteiger partial charge in [0.05, 0.1) is 19.3 Å². The van der Waals surface area contributed by atoms with E-state index in [9.17, 15) is 5.11 Å². The first-order valence-electron chi connectivity index (χ1n) is 8.31. The van der Waals surface area contributed by atoms with Crippen molar-refractivity contribution in [1.82, 2.24) is 5.32 Å². The Balaban J connectivity index is 1.54. The largest absolute Gasteiger partial charge is 0.389 e. The smallest absolute Gasteiger partial charge is 0.0897 e. The topological polar surface area (TPSA) is 41.5 Å². The number of aliphatic hydroxyl groups excluding tert-OH is 1. The lowest BCUT2D eigenvalue weighted by molar-refractivity contribution is 0.0267. The van der Waals surface area contributed by atoms with E-state index >= 15 is 0 Å². The van der Waals surface area contributed by atoms with Gasteiger partial charge >= 0.3 is 0 Å². The SMILES string of the molecule is CCC1CCC(NCC(O)COCc2ccccc2)CC1. The van der Waals surface area contributed by atoms with Crippen LogP contribution in [0.5, 0.6) is 0 Å². The summed E-state index contributed by atoms with van der Waals surface area (Å²) < 4.78 is 5.57. The average molecular weight is 291 g/mol. The Labute approximate surface area is 128 Å². The van der Waals surface area contributed by atoms with Gasteiger partial charge in [-0.25, -0.2) is 0 Å². The third-order valence-electron chi connectivity index (χ3n) is 4.49. The highest BCUT2D eigenvalue weighted by atomic mass is 16.5. The molecule has 0 bridgehead atoms. The molecule has 21 heavy (non-hydrogen) atoms. The van der Waals surface area contributed by atoms with Gasteiger partial charge in [-0.15, -0.1) is 0 Å². The van der Waals surface area contributed by atoms with Crippen molar-refractivity contribution in [2.45, 2.75) is 57.8 Å². The zero-order valence-electron chi connectivity index (χ0n) is 13.1. The van der Waals surface area contributed by atoms with Crippen LogP contribution in [0, 0.1) is 5.92 Å². The van der Waals surface area contributed by atoms with Crippen LogP contribution in [0.4, 0.5) is 0 Å². The Bertz CT molecular complexity index is 374. The van der Waals surface area contributed by atoms with Crippen LogP contribution < -0.4 is 5.32 Å². The van der Waals surface area contributed by atoms with Crippen LogP contribution in [-0.4, -0.2) is 30.4 Å². The van der Waals surface area contributed by atoms with Crippen molar-refractivity contribution in [3.05, 3.63) is 35.9 Å². The first-order chi connectivity index (χ1) is 10.3. The highest BCUT2D eigenvalue weighted by Gasteiger charge is 2.20. The summed E-state index contributed by atoms with van der Waals surface area (Å²) in [6.07, 6.45) is 6.04. The van der Waals surface area contributed by atoms with E-state index in [1.807, 2.05) is 30.3 Å². The van der Waals surface area contributed by atoms with Crippen molar-refractivity contribution >= 4 is 0 Å².